The third kappa shape index (κ3) is 2.67. The van der Waals surface area contributed by atoms with Crippen molar-refractivity contribution < 1.29 is 4.74 Å². The minimum absolute atomic E-state index is 0.167. The summed E-state index contributed by atoms with van der Waals surface area (Å²) in [6.45, 7) is 5.07. The van der Waals surface area contributed by atoms with Crippen LogP contribution in [0.25, 0.3) is 0 Å². The number of aromatic nitrogens is 1. The summed E-state index contributed by atoms with van der Waals surface area (Å²) in [7, 11) is 0. The van der Waals surface area contributed by atoms with Crippen LogP contribution in [0.5, 0.6) is 0 Å². The lowest BCUT2D eigenvalue weighted by Gasteiger charge is -2.14. The number of pyridine rings is 1. The topological polar surface area (TPSA) is 81.7 Å². The summed E-state index contributed by atoms with van der Waals surface area (Å²) in [5.41, 5.74) is 2.26. The van der Waals surface area contributed by atoms with Gasteiger partial charge in [0.2, 0.25) is 0 Å². The Labute approximate surface area is 112 Å². The smallest absolute Gasteiger partial charge is 0.145 e. The Balaban J connectivity index is 2.27. The molecule has 5 heteroatoms. The van der Waals surface area contributed by atoms with Crippen LogP contribution in [0.3, 0.4) is 0 Å². The van der Waals surface area contributed by atoms with Crippen LogP contribution in [0.15, 0.2) is 0 Å². The zero-order valence-electron chi connectivity index (χ0n) is 11.2. The van der Waals surface area contributed by atoms with Crippen LogP contribution >= 0.6 is 0 Å². The highest BCUT2D eigenvalue weighted by molar-refractivity contribution is 5.63. The highest BCUT2D eigenvalue weighted by atomic mass is 16.5. The number of anilines is 1. The standard InChI is InChI=1S/C14H16N4O/c1-9-10(2)18-14(13(7-16)12(9)6-15)17-8-11-4-3-5-19-11/h11H,3-5,8H2,1-2H3,(H,17,18). The molecule has 2 heterocycles. The van der Waals surface area contributed by atoms with E-state index in [0.717, 1.165) is 30.7 Å². The Morgan fingerprint density at radius 2 is 2.05 bits per heavy atom. The van der Waals surface area contributed by atoms with Crippen molar-refractivity contribution in [3.8, 4) is 12.1 Å². The summed E-state index contributed by atoms with van der Waals surface area (Å²) in [6, 6.07) is 4.16. The van der Waals surface area contributed by atoms with Gasteiger partial charge in [-0.1, -0.05) is 0 Å². The van der Waals surface area contributed by atoms with Crippen molar-refractivity contribution >= 4 is 5.82 Å². The molecule has 1 N–H and O–H groups in total. The summed E-state index contributed by atoms with van der Waals surface area (Å²) >= 11 is 0. The Kier molecular flexibility index (Phi) is 3.99. The van der Waals surface area contributed by atoms with Crippen LogP contribution in [0.1, 0.15) is 35.2 Å². The minimum Gasteiger partial charge on any atom is -0.376 e. The molecule has 1 aliphatic rings. The van der Waals surface area contributed by atoms with Gasteiger partial charge in [0, 0.05) is 18.8 Å². The van der Waals surface area contributed by atoms with Gasteiger partial charge in [-0.05, 0) is 32.3 Å². The number of ether oxygens (including phenoxy) is 1. The monoisotopic (exact) mass is 256 g/mol. The Bertz CT molecular complexity index is 562. The van der Waals surface area contributed by atoms with Crippen LogP contribution in [0.4, 0.5) is 5.82 Å². The molecule has 1 aromatic heterocycles. The van der Waals surface area contributed by atoms with Crippen LogP contribution in [-0.4, -0.2) is 24.2 Å². The number of hydrogen-bond donors (Lipinski definition) is 1. The second-order valence-electron chi connectivity index (χ2n) is 4.66. The molecule has 1 aliphatic heterocycles. The molecule has 1 fully saturated rings. The first-order chi connectivity index (χ1) is 9.17. The second kappa shape index (κ2) is 5.69. The summed E-state index contributed by atoms with van der Waals surface area (Å²) < 4.78 is 5.52. The number of aryl methyl sites for hydroxylation is 1. The number of hydrogen-bond acceptors (Lipinski definition) is 5. The fourth-order valence-corrected chi connectivity index (χ4v) is 2.19. The summed E-state index contributed by atoms with van der Waals surface area (Å²) in [6.07, 6.45) is 2.26. The van der Waals surface area contributed by atoms with Gasteiger partial charge in [-0.2, -0.15) is 10.5 Å². The molecule has 0 aromatic carbocycles. The molecular formula is C14H16N4O. The SMILES string of the molecule is Cc1nc(NCC2CCCO2)c(C#N)c(C#N)c1C. The molecule has 19 heavy (non-hydrogen) atoms. The first kappa shape index (κ1) is 13.3. The molecule has 1 atom stereocenters. The third-order valence-corrected chi connectivity index (χ3v) is 3.43. The van der Waals surface area contributed by atoms with Gasteiger partial charge in [0.15, 0.2) is 0 Å². The molecule has 1 unspecified atom stereocenters. The van der Waals surface area contributed by atoms with E-state index in [1.165, 1.54) is 0 Å². The Morgan fingerprint density at radius 3 is 2.63 bits per heavy atom. The van der Waals surface area contributed by atoms with Crippen molar-refractivity contribution in [2.75, 3.05) is 18.5 Å². The van der Waals surface area contributed by atoms with Gasteiger partial charge in [0.1, 0.15) is 23.5 Å². The highest BCUT2D eigenvalue weighted by Crippen LogP contribution is 2.23. The minimum atomic E-state index is 0.167. The molecule has 0 radical (unpaired) electrons. The fourth-order valence-electron chi connectivity index (χ4n) is 2.19. The molecule has 98 valence electrons. The highest BCUT2D eigenvalue weighted by Gasteiger charge is 2.18. The molecular weight excluding hydrogens is 240 g/mol. The van der Waals surface area contributed by atoms with Gasteiger partial charge < -0.3 is 10.1 Å². The maximum atomic E-state index is 9.23. The van der Waals surface area contributed by atoms with Crippen molar-refractivity contribution in [2.24, 2.45) is 0 Å². The fraction of sp³-hybridized carbons (Fsp3) is 0.500. The van der Waals surface area contributed by atoms with Crippen LogP contribution < -0.4 is 5.32 Å². The molecule has 0 saturated carbocycles. The van der Waals surface area contributed by atoms with E-state index in [-0.39, 0.29) is 6.10 Å². The van der Waals surface area contributed by atoms with Gasteiger partial charge in [-0.25, -0.2) is 4.98 Å². The van der Waals surface area contributed by atoms with E-state index >= 15 is 0 Å². The average Bonchev–Trinajstić information content (AvgIpc) is 2.92. The predicted molar refractivity (Wildman–Crippen MR) is 70.6 cm³/mol. The maximum absolute atomic E-state index is 9.23. The van der Waals surface area contributed by atoms with Gasteiger partial charge >= 0.3 is 0 Å². The third-order valence-electron chi connectivity index (χ3n) is 3.43. The summed E-state index contributed by atoms with van der Waals surface area (Å²) in [5, 5.41) is 21.5. The normalized spacial score (nSPS) is 17.8. The van der Waals surface area contributed by atoms with Crippen molar-refractivity contribution in [1.29, 1.82) is 10.5 Å². The van der Waals surface area contributed by atoms with Crippen LogP contribution in [0.2, 0.25) is 0 Å². The van der Waals surface area contributed by atoms with Gasteiger partial charge in [0.25, 0.3) is 0 Å². The van der Waals surface area contributed by atoms with Crippen molar-refractivity contribution in [1.82, 2.24) is 4.98 Å². The second-order valence-corrected chi connectivity index (χ2v) is 4.66. The zero-order chi connectivity index (χ0) is 13.8. The molecule has 5 nitrogen and oxygen atoms in total. The summed E-state index contributed by atoms with van der Waals surface area (Å²) in [4.78, 5) is 4.37. The maximum Gasteiger partial charge on any atom is 0.145 e. The lowest BCUT2D eigenvalue weighted by Crippen LogP contribution is -2.20. The van der Waals surface area contributed by atoms with E-state index in [0.29, 0.717) is 23.5 Å². The van der Waals surface area contributed by atoms with E-state index in [1.807, 2.05) is 13.8 Å². The van der Waals surface area contributed by atoms with Crippen molar-refractivity contribution in [3.63, 3.8) is 0 Å². The van der Waals surface area contributed by atoms with Gasteiger partial charge in [-0.3, -0.25) is 0 Å². The number of nitrogens with one attached hydrogen (secondary N) is 1. The molecule has 1 saturated heterocycles. The molecule has 0 spiro atoms. The lowest BCUT2D eigenvalue weighted by molar-refractivity contribution is 0.120. The van der Waals surface area contributed by atoms with Gasteiger partial charge in [0.05, 0.1) is 11.7 Å². The Morgan fingerprint density at radius 1 is 1.32 bits per heavy atom. The predicted octanol–water partition coefficient (Wildman–Crippen LogP) is 2.03. The molecule has 0 bridgehead atoms. The van der Waals surface area contributed by atoms with Crippen LogP contribution in [-0.2, 0) is 4.74 Å². The van der Waals surface area contributed by atoms with E-state index in [9.17, 15) is 10.5 Å². The zero-order valence-corrected chi connectivity index (χ0v) is 11.2. The van der Waals surface area contributed by atoms with Gasteiger partial charge in [-0.15, -0.1) is 0 Å². The largest absolute Gasteiger partial charge is 0.376 e. The first-order valence-electron chi connectivity index (χ1n) is 6.34. The van der Waals surface area contributed by atoms with E-state index in [1.54, 1.807) is 0 Å². The first-order valence-corrected chi connectivity index (χ1v) is 6.34. The molecule has 0 aliphatic carbocycles. The number of nitriles is 2. The molecule has 2 rings (SSSR count). The van der Waals surface area contributed by atoms with E-state index < -0.39 is 0 Å². The van der Waals surface area contributed by atoms with E-state index in [2.05, 4.69) is 22.4 Å². The Hall–Kier alpha value is -2.11. The van der Waals surface area contributed by atoms with Crippen LogP contribution in [0, 0.1) is 36.5 Å². The van der Waals surface area contributed by atoms with Crippen molar-refractivity contribution in [3.05, 3.63) is 22.4 Å². The molecule has 0 amide bonds. The van der Waals surface area contributed by atoms with Crippen molar-refractivity contribution in [2.45, 2.75) is 32.8 Å². The lowest BCUT2D eigenvalue weighted by atomic mass is 10.0. The average molecular weight is 256 g/mol. The summed E-state index contributed by atoms with van der Waals surface area (Å²) in [5.74, 6) is 0.484. The van der Waals surface area contributed by atoms with E-state index in [4.69, 9.17) is 4.74 Å². The number of rotatable bonds is 3. The molecule has 1 aromatic rings. The quantitative estimate of drug-likeness (QED) is 0.894. The number of nitrogens with zero attached hydrogens (tertiary/aromatic N) is 3.